The Bertz CT molecular complexity index is 1500. The van der Waals surface area contributed by atoms with Crippen LogP contribution in [0.15, 0.2) is 41.4 Å². The van der Waals surface area contributed by atoms with Gasteiger partial charge in [-0.05, 0) is 74.9 Å². The number of hydrogen-bond donors (Lipinski definition) is 1. The zero-order chi connectivity index (χ0) is 32.6. The number of aliphatic imine (C=N–C) groups is 1. The van der Waals surface area contributed by atoms with Gasteiger partial charge in [0.25, 0.3) is 5.91 Å². The van der Waals surface area contributed by atoms with Crippen molar-refractivity contribution in [2.24, 2.45) is 10.9 Å². The average molecular weight is 635 g/mol. The minimum Gasteiger partial charge on any atom is -0.465 e. The number of ether oxygens (including phenoxy) is 3. The van der Waals surface area contributed by atoms with Gasteiger partial charge in [0.1, 0.15) is 29.4 Å². The van der Waals surface area contributed by atoms with E-state index in [4.69, 9.17) is 25.8 Å². The van der Waals surface area contributed by atoms with E-state index in [0.29, 0.717) is 18.9 Å². The molecule has 236 valence electrons. The van der Waals surface area contributed by atoms with Crippen molar-refractivity contribution in [3.05, 3.63) is 69.7 Å². The van der Waals surface area contributed by atoms with Crippen molar-refractivity contribution in [2.45, 2.75) is 50.8 Å². The first kappa shape index (κ1) is 32.6. The molecule has 3 amide bonds. The minimum atomic E-state index is -1.73. The Hall–Kier alpha value is -4.26. The third kappa shape index (κ3) is 6.77. The molecular formula is C30H33ClF2N4O7. The molecule has 0 bridgehead atoms. The molecule has 0 spiro atoms. The fraction of sp³-hybridized carbons (Fsp3) is 0.433. The fourth-order valence-corrected chi connectivity index (χ4v) is 5.13. The van der Waals surface area contributed by atoms with E-state index in [1.165, 1.54) is 44.3 Å². The summed E-state index contributed by atoms with van der Waals surface area (Å²) in [6.07, 6.45) is -0.746. The van der Waals surface area contributed by atoms with Gasteiger partial charge in [0.2, 0.25) is 5.96 Å². The number of amides is 3. The molecule has 4 rings (SSSR count). The van der Waals surface area contributed by atoms with Crippen LogP contribution < -0.4 is 5.32 Å². The van der Waals surface area contributed by atoms with Crippen molar-refractivity contribution in [3.8, 4) is 0 Å². The van der Waals surface area contributed by atoms with Gasteiger partial charge in [-0.3, -0.25) is 9.69 Å². The molecule has 44 heavy (non-hydrogen) atoms. The quantitative estimate of drug-likeness (QED) is 0.326. The van der Waals surface area contributed by atoms with Crippen LogP contribution in [0.1, 0.15) is 61.1 Å². The molecule has 1 aliphatic heterocycles. The summed E-state index contributed by atoms with van der Waals surface area (Å²) in [7, 11) is 4.09. The van der Waals surface area contributed by atoms with Gasteiger partial charge in [0.05, 0.1) is 23.7 Å². The molecule has 2 aliphatic rings. The largest absolute Gasteiger partial charge is 0.465 e. The van der Waals surface area contributed by atoms with E-state index in [1.807, 2.05) is 0 Å². The number of nitrogens with one attached hydrogen (secondary N) is 1. The van der Waals surface area contributed by atoms with Gasteiger partial charge in [0.15, 0.2) is 0 Å². The Kier molecular flexibility index (Phi) is 9.19. The van der Waals surface area contributed by atoms with Crippen molar-refractivity contribution in [1.82, 2.24) is 15.1 Å². The zero-order valence-corrected chi connectivity index (χ0v) is 25.8. The van der Waals surface area contributed by atoms with Gasteiger partial charge < -0.3 is 24.4 Å². The molecule has 1 saturated carbocycles. The number of hydrogen-bond acceptors (Lipinski definition) is 7. The number of esters is 1. The smallest absolute Gasteiger partial charge is 0.437 e. The van der Waals surface area contributed by atoms with Crippen molar-refractivity contribution >= 4 is 41.6 Å². The topological polar surface area (TPSA) is 127 Å². The lowest BCUT2D eigenvalue weighted by Gasteiger charge is -2.31. The molecule has 0 unspecified atom stereocenters. The van der Waals surface area contributed by atoms with E-state index >= 15 is 0 Å². The van der Waals surface area contributed by atoms with Crippen LogP contribution in [0, 0.1) is 17.6 Å². The van der Waals surface area contributed by atoms with Gasteiger partial charge in [0, 0.05) is 20.2 Å². The zero-order valence-electron chi connectivity index (χ0n) is 25.1. The second-order valence-electron chi connectivity index (χ2n) is 11.7. The highest BCUT2D eigenvalue weighted by Crippen LogP contribution is 2.50. The lowest BCUT2D eigenvalue weighted by atomic mass is 9.84. The summed E-state index contributed by atoms with van der Waals surface area (Å²) in [4.78, 5) is 59.0. The van der Waals surface area contributed by atoms with Crippen molar-refractivity contribution < 1.29 is 42.2 Å². The normalized spacial score (nSPS) is 19.8. The second kappa shape index (κ2) is 12.4. The van der Waals surface area contributed by atoms with E-state index in [0.717, 1.165) is 17.0 Å². The summed E-state index contributed by atoms with van der Waals surface area (Å²) < 4.78 is 44.8. The summed E-state index contributed by atoms with van der Waals surface area (Å²) in [5, 5.41) is 3.05. The van der Waals surface area contributed by atoms with E-state index in [2.05, 4.69) is 10.3 Å². The summed E-state index contributed by atoms with van der Waals surface area (Å²) in [5.74, 6) is -4.02. The Morgan fingerprint density at radius 3 is 2.32 bits per heavy atom. The predicted molar refractivity (Wildman–Crippen MR) is 155 cm³/mol. The Labute approximate surface area is 258 Å². The molecule has 1 N–H and O–H groups in total. The van der Waals surface area contributed by atoms with Crippen LogP contribution in [-0.4, -0.2) is 73.2 Å². The predicted octanol–water partition coefficient (Wildman–Crippen LogP) is 5.17. The molecule has 2 atom stereocenters. The highest BCUT2D eigenvalue weighted by molar-refractivity contribution is 6.33. The number of halogens is 3. The van der Waals surface area contributed by atoms with Gasteiger partial charge in [-0.25, -0.2) is 23.2 Å². The number of methoxy groups -OCH3 is 1. The van der Waals surface area contributed by atoms with Crippen LogP contribution in [0.25, 0.3) is 0 Å². The number of rotatable bonds is 7. The molecule has 1 saturated heterocycles. The molecule has 14 heteroatoms. The van der Waals surface area contributed by atoms with Crippen LogP contribution in [0.2, 0.25) is 5.02 Å². The summed E-state index contributed by atoms with van der Waals surface area (Å²) in [6, 6.07) is 5.82. The van der Waals surface area contributed by atoms with Gasteiger partial charge >= 0.3 is 18.2 Å². The first-order valence-corrected chi connectivity index (χ1v) is 14.1. The SMILES string of the molecule is COC(=O)c1cc([C@@H](COC(=O)N(C)C)N2C(=O)[C@](c3cc(F)cc(F)c3)(C3CC3)NC2=NC(=O)OC(C)(C)C)ccc1Cl. The molecule has 11 nitrogen and oxygen atoms in total. The van der Waals surface area contributed by atoms with Gasteiger partial charge in [-0.15, -0.1) is 4.99 Å². The molecule has 1 aliphatic carbocycles. The van der Waals surface area contributed by atoms with Crippen LogP contribution >= 0.6 is 11.6 Å². The molecule has 1 heterocycles. The molecular weight excluding hydrogens is 602 g/mol. The number of benzene rings is 2. The maximum absolute atomic E-state index is 14.7. The minimum absolute atomic E-state index is 0.0164. The van der Waals surface area contributed by atoms with E-state index in [9.17, 15) is 28.0 Å². The van der Waals surface area contributed by atoms with E-state index in [-0.39, 0.29) is 27.7 Å². The first-order valence-electron chi connectivity index (χ1n) is 13.7. The van der Waals surface area contributed by atoms with Crippen molar-refractivity contribution in [1.29, 1.82) is 0 Å². The van der Waals surface area contributed by atoms with Gasteiger partial charge in [-0.1, -0.05) is 17.7 Å². The van der Waals surface area contributed by atoms with Crippen molar-refractivity contribution in [3.63, 3.8) is 0 Å². The highest BCUT2D eigenvalue weighted by Gasteiger charge is 2.61. The van der Waals surface area contributed by atoms with E-state index < -0.39 is 65.4 Å². The molecule has 0 radical (unpaired) electrons. The average Bonchev–Trinajstić information content (AvgIpc) is 3.73. The maximum atomic E-state index is 14.7. The second-order valence-corrected chi connectivity index (χ2v) is 12.1. The number of carbonyl (C=O) groups excluding carboxylic acids is 4. The molecule has 2 aromatic carbocycles. The monoisotopic (exact) mass is 634 g/mol. The van der Waals surface area contributed by atoms with Crippen molar-refractivity contribution in [2.75, 3.05) is 27.8 Å². The first-order chi connectivity index (χ1) is 20.6. The Morgan fingerprint density at radius 2 is 1.77 bits per heavy atom. The maximum Gasteiger partial charge on any atom is 0.437 e. The van der Waals surface area contributed by atoms with Crippen LogP contribution in [0.4, 0.5) is 18.4 Å². The Morgan fingerprint density at radius 1 is 1.14 bits per heavy atom. The standard InChI is InChI=1S/C30H33ClF2N4O7/c1-29(2,3)44-27(40)34-26-35-30(17-8-9-17,18-12-19(32)14-20(33)13-18)25(39)37(26)23(15-43-28(41)36(4)5)16-7-10-22(31)21(11-16)24(38)42-6/h7,10-14,17,23H,8-9,15H2,1-6H3,(H,34,35,40)/t23-,30-/m1/s1. The lowest BCUT2D eigenvalue weighted by molar-refractivity contribution is -0.134. The summed E-state index contributed by atoms with van der Waals surface area (Å²) in [6.45, 7) is 4.42. The van der Waals surface area contributed by atoms with E-state index in [1.54, 1.807) is 20.8 Å². The summed E-state index contributed by atoms with van der Waals surface area (Å²) in [5.41, 5.74) is -2.48. The number of carbonyl (C=O) groups is 4. The van der Waals surface area contributed by atoms with Crippen LogP contribution in [0.5, 0.6) is 0 Å². The lowest BCUT2D eigenvalue weighted by Crippen LogP contribution is -2.47. The highest BCUT2D eigenvalue weighted by atomic mass is 35.5. The third-order valence-corrected chi connectivity index (χ3v) is 7.34. The van der Waals surface area contributed by atoms with Crippen LogP contribution in [0.3, 0.4) is 0 Å². The molecule has 0 aromatic heterocycles. The van der Waals surface area contributed by atoms with Gasteiger partial charge in [-0.2, -0.15) is 0 Å². The number of nitrogens with zero attached hydrogens (tertiary/aromatic N) is 3. The van der Waals surface area contributed by atoms with Crippen LogP contribution in [-0.2, 0) is 24.5 Å². The molecule has 2 aromatic rings. The molecule has 2 fully saturated rings. The Balaban J connectivity index is 1.94. The third-order valence-electron chi connectivity index (χ3n) is 7.01. The number of guanidine groups is 1. The summed E-state index contributed by atoms with van der Waals surface area (Å²) >= 11 is 6.25. The fourth-order valence-electron chi connectivity index (χ4n) is 4.94.